The van der Waals surface area contributed by atoms with Crippen molar-refractivity contribution in [2.45, 2.75) is 6.04 Å². The molecule has 170 valence electrons. The van der Waals surface area contributed by atoms with Crippen molar-refractivity contribution in [2.24, 2.45) is 0 Å². The van der Waals surface area contributed by atoms with Gasteiger partial charge in [-0.25, -0.2) is 0 Å². The molecule has 1 atom stereocenters. The van der Waals surface area contributed by atoms with Crippen LogP contribution in [0.5, 0.6) is 5.75 Å². The van der Waals surface area contributed by atoms with Crippen LogP contribution in [0.25, 0.3) is 0 Å². The number of ketones is 1. The Morgan fingerprint density at radius 2 is 1.55 bits per heavy atom. The van der Waals surface area contributed by atoms with E-state index in [1.807, 2.05) is 42.5 Å². The summed E-state index contributed by atoms with van der Waals surface area (Å²) in [5.74, 6) is 0.361. The predicted octanol–water partition coefficient (Wildman–Crippen LogP) is 3.73. The second kappa shape index (κ2) is 10.9. The molecule has 1 fully saturated rings. The molecule has 1 heterocycles. The fraction of sp³-hybridized carbons (Fsp3) is 0.259. The molecule has 0 aromatic heterocycles. The van der Waals surface area contributed by atoms with Crippen molar-refractivity contribution < 1.29 is 19.1 Å². The number of amides is 1. The van der Waals surface area contributed by atoms with Gasteiger partial charge in [0, 0.05) is 30.8 Å². The zero-order valence-corrected chi connectivity index (χ0v) is 18.7. The molecule has 3 aromatic carbocycles. The third-order valence-corrected chi connectivity index (χ3v) is 5.90. The number of hydrogen-bond donors (Lipinski definition) is 1. The van der Waals surface area contributed by atoms with Crippen molar-refractivity contribution in [1.82, 2.24) is 10.2 Å². The van der Waals surface area contributed by atoms with E-state index in [2.05, 4.69) is 10.2 Å². The molecular weight excluding hydrogens is 416 g/mol. The number of carbonyl (C=O) groups is 2. The Bertz CT molecular complexity index is 1080. The van der Waals surface area contributed by atoms with E-state index >= 15 is 0 Å². The van der Waals surface area contributed by atoms with Gasteiger partial charge >= 0.3 is 0 Å². The predicted molar refractivity (Wildman–Crippen MR) is 127 cm³/mol. The Morgan fingerprint density at radius 1 is 0.909 bits per heavy atom. The van der Waals surface area contributed by atoms with Crippen molar-refractivity contribution in [3.8, 4) is 5.75 Å². The molecule has 0 radical (unpaired) electrons. The lowest BCUT2D eigenvalue weighted by atomic mass is 9.97. The Hall–Kier alpha value is -3.48. The lowest BCUT2D eigenvalue weighted by Gasteiger charge is -2.35. The van der Waals surface area contributed by atoms with Crippen molar-refractivity contribution in [3.05, 3.63) is 101 Å². The Balaban J connectivity index is 1.53. The van der Waals surface area contributed by atoms with E-state index < -0.39 is 0 Å². The minimum absolute atomic E-state index is 0.0132. The summed E-state index contributed by atoms with van der Waals surface area (Å²) in [6, 6.07) is 23.9. The number of rotatable bonds is 8. The van der Waals surface area contributed by atoms with Crippen LogP contribution < -0.4 is 10.1 Å². The highest BCUT2D eigenvalue weighted by molar-refractivity contribution is 6.15. The first-order chi connectivity index (χ1) is 16.2. The van der Waals surface area contributed by atoms with Gasteiger partial charge in [0.1, 0.15) is 5.75 Å². The summed E-state index contributed by atoms with van der Waals surface area (Å²) in [5.41, 5.74) is 2.42. The minimum Gasteiger partial charge on any atom is -0.497 e. The largest absolute Gasteiger partial charge is 0.497 e. The van der Waals surface area contributed by atoms with Crippen LogP contribution in [0, 0.1) is 0 Å². The molecule has 1 N–H and O–H groups in total. The molecule has 6 nitrogen and oxygen atoms in total. The van der Waals surface area contributed by atoms with Gasteiger partial charge < -0.3 is 14.8 Å². The number of hydrogen-bond acceptors (Lipinski definition) is 5. The maximum absolute atomic E-state index is 13.2. The van der Waals surface area contributed by atoms with Crippen molar-refractivity contribution in [3.63, 3.8) is 0 Å². The summed E-state index contributed by atoms with van der Waals surface area (Å²) in [6.45, 7) is 3.31. The van der Waals surface area contributed by atoms with Crippen LogP contribution in [0.3, 0.4) is 0 Å². The highest BCUT2D eigenvalue weighted by atomic mass is 16.5. The van der Waals surface area contributed by atoms with Gasteiger partial charge in [-0.2, -0.15) is 0 Å². The van der Waals surface area contributed by atoms with Gasteiger partial charge in [-0.05, 0) is 23.8 Å². The molecule has 1 aliphatic heterocycles. The summed E-state index contributed by atoms with van der Waals surface area (Å²) in [7, 11) is 1.64. The average molecular weight is 445 g/mol. The highest BCUT2D eigenvalue weighted by Gasteiger charge is 2.24. The summed E-state index contributed by atoms with van der Waals surface area (Å²) in [5, 5.41) is 3.07. The van der Waals surface area contributed by atoms with Gasteiger partial charge in [0.15, 0.2) is 5.78 Å². The number of morpholine rings is 1. The molecule has 1 saturated heterocycles. The van der Waals surface area contributed by atoms with Gasteiger partial charge in [0.2, 0.25) is 0 Å². The monoisotopic (exact) mass is 444 g/mol. The average Bonchev–Trinajstić information content (AvgIpc) is 2.89. The smallest absolute Gasteiger partial charge is 0.252 e. The van der Waals surface area contributed by atoms with E-state index in [-0.39, 0.29) is 17.7 Å². The molecule has 0 bridgehead atoms. The highest BCUT2D eigenvalue weighted by Crippen LogP contribution is 2.24. The molecule has 0 aliphatic carbocycles. The zero-order valence-electron chi connectivity index (χ0n) is 18.7. The van der Waals surface area contributed by atoms with Crippen LogP contribution in [0.15, 0.2) is 78.9 Å². The molecule has 3 aromatic rings. The van der Waals surface area contributed by atoms with Crippen LogP contribution >= 0.6 is 0 Å². The van der Waals surface area contributed by atoms with Crippen molar-refractivity contribution >= 4 is 11.7 Å². The summed E-state index contributed by atoms with van der Waals surface area (Å²) in [4.78, 5) is 28.5. The number of methoxy groups -OCH3 is 1. The second-order valence-corrected chi connectivity index (χ2v) is 7.89. The van der Waals surface area contributed by atoms with E-state index in [0.717, 1.165) is 24.4 Å². The van der Waals surface area contributed by atoms with Crippen LogP contribution in [0.2, 0.25) is 0 Å². The van der Waals surface area contributed by atoms with Gasteiger partial charge in [0.05, 0.1) is 31.9 Å². The molecule has 6 heteroatoms. The number of benzene rings is 3. The fourth-order valence-electron chi connectivity index (χ4n) is 4.08. The Labute approximate surface area is 194 Å². The Morgan fingerprint density at radius 3 is 2.21 bits per heavy atom. The third kappa shape index (κ3) is 5.48. The van der Waals surface area contributed by atoms with Gasteiger partial charge in [-0.3, -0.25) is 14.5 Å². The van der Waals surface area contributed by atoms with Crippen molar-refractivity contribution in [1.29, 1.82) is 0 Å². The van der Waals surface area contributed by atoms with Crippen LogP contribution in [-0.2, 0) is 4.74 Å². The number of ether oxygens (including phenoxy) is 2. The first-order valence-electron chi connectivity index (χ1n) is 11.1. The lowest BCUT2D eigenvalue weighted by molar-refractivity contribution is 0.0162. The van der Waals surface area contributed by atoms with Gasteiger partial charge in [-0.1, -0.05) is 60.7 Å². The molecule has 0 spiro atoms. The fourth-order valence-corrected chi connectivity index (χ4v) is 4.08. The van der Waals surface area contributed by atoms with Crippen LogP contribution in [0.1, 0.15) is 37.9 Å². The topological polar surface area (TPSA) is 67.9 Å². The molecule has 0 unspecified atom stereocenters. The van der Waals surface area contributed by atoms with E-state index in [9.17, 15) is 9.59 Å². The minimum atomic E-state index is -0.262. The number of nitrogens with zero attached hydrogens (tertiary/aromatic N) is 1. The Kier molecular flexibility index (Phi) is 7.50. The maximum Gasteiger partial charge on any atom is 0.252 e. The van der Waals surface area contributed by atoms with Gasteiger partial charge in [0.25, 0.3) is 5.91 Å². The molecule has 1 aliphatic rings. The first-order valence-corrected chi connectivity index (χ1v) is 11.1. The summed E-state index contributed by atoms with van der Waals surface area (Å²) in [6.07, 6.45) is 0. The molecule has 4 rings (SSSR count). The molecule has 33 heavy (non-hydrogen) atoms. The molecule has 1 amide bonds. The van der Waals surface area contributed by atoms with Crippen molar-refractivity contribution in [2.75, 3.05) is 40.0 Å². The lowest BCUT2D eigenvalue weighted by Crippen LogP contribution is -2.44. The second-order valence-electron chi connectivity index (χ2n) is 7.89. The third-order valence-electron chi connectivity index (χ3n) is 5.90. The standard InChI is InChI=1S/C27H28N2O4/c1-32-22-13-11-20(12-14-22)25(29-15-17-33-18-16-29)19-28-27(31)24-10-6-5-9-23(24)26(30)21-7-3-2-4-8-21/h2-14,25H,15-19H2,1H3,(H,28,31)/t25-/m1/s1. The quantitative estimate of drug-likeness (QED) is 0.537. The van der Waals surface area contributed by atoms with E-state index in [1.54, 1.807) is 43.5 Å². The van der Waals surface area contributed by atoms with Crippen LogP contribution in [-0.4, -0.2) is 56.5 Å². The SMILES string of the molecule is COc1ccc([C@@H](CNC(=O)c2ccccc2C(=O)c2ccccc2)N2CCOCC2)cc1. The van der Waals surface area contributed by atoms with E-state index in [4.69, 9.17) is 9.47 Å². The normalized spacial score (nSPS) is 14.9. The van der Waals surface area contributed by atoms with E-state index in [1.165, 1.54) is 0 Å². The molecule has 0 saturated carbocycles. The number of nitrogens with one attached hydrogen (secondary N) is 1. The van der Waals surface area contributed by atoms with Gasteiger partial charge in [-0.15, -0.1) is 0 Å². The zero-order chi connectivity index (χ0) is 23.0. The van der Waals surface area contributed by atoms with E-state index in [0.29, 0.717) is 36.4 Å². The maximum atomic E-state index is 13.2. The summed E-state index contributed by atoms with van der Waals surface area (Å²) < 4.78 is 10.8. The first kappa shape index (κ1) is 22.7. The van der Waals surface area contributed by atoms with Crippen LogP contribution in [0.4, 0.5) is 0 Å². The summed E-state index contributed by atoms with van der Waals surface area (Å²) >= 11 is 0. The molecular formula is C27H28N2O4. The number of carbonyl (C=O) groups excluding carboxylic acids is 2.